The summed E-state index contributed by atoms with van der Waals surface area (Å²) in [5.41, 5.74) is 2.00. The highest BCUT2D eigenvalue weighted by molar-refractivity contribution is 5.91. The van der Waals surface area contributed by atoms with Crippen molar-refractivity contribution in [1.82, 2.24) is 20.1 Å². The molecule has 6 heteroatoms. The molecule has 0 aliphatic heterocycles. The van der Waals surface area contributed by atoms with E-state index >= 15 is 0 Å². The molecule has 2 N–H and O–H groups in total. The standard InChI is InChI=1S/C12H14N4O2/c1-8-3-4-9(16(8)2)7-13-12(18)10-5-6-11(17)15-14-10/h3-6H,7H2,1-2H3,(H,13,18)(H,15,17). The second-order valence-corrected chi connectivity index (χ2v) is 4.01. The molecule has 0 spiro atoms. The Kier molecular flexibility index (Phi) is 3.27. The maximum atomic E-state index is 11.7. The number of carbonyl (C=O) groups is 1. The van der Waals surface area contributed by atoms with E-state index in [1.165, 1.54) is 12.1 Å². The molecule has 0 aliphatic rings. The van der Waals surface area contributed by atoms with Gasteiger partial charge in [-0.15, -0.1) is 0 Å². The van der Waals surface area contributed by atoms with Gasteiger partial charge in [-0.05, 0) is 25.1 Å². The predicted octanol–water partition coefficient (Wildman–Crippen LogP) is 0.347. The number of rotatable bonds is 3. The van der Waals surface area contributed by atoms with Crippen molar-refractivity contribution >= 4 is 5.91 Å². The van der Waals surface area contributed by atoms with E-state index in [0.717, 1.165) is 11.4 Å². The average molecular weight is 246 g/mol. The van der Waals surface area contributed by atoms with Gasteiger partial charge in [-0.3, -0.25) is 9.59 Å². The van der Waals surface area contributed by atoms with Crippen LogP contribution in [0.2, 0.25) is 0 Å². The predicted molar refractivity (Wildman–Crippen MR) is 66.2 cm³/mol. The van der Waals surface area contributed by atoms with Gasteiger partial charge in [-0.25, -0.2) is 5.10 Å². The van der Waals surface area contributed by atoms with E-state index in [9.17, 15) is 9.59 Å². The largest absolute Gasteiger partial charge is 0.350 e. The molecular weight excluding hydrogens is 232 g/mol. The molecule has 0 atom stereocenters. The Balaban J connectivity index is 2.02. The lowest BCUT2D eigenvalue weighted by Gasteiger charge is -2.06. The van der Waals surface area contributed by atoms with Crippen molar-refractivity contribution in [2.75, 3.05) is 0 Å². The fraction of sp³-hybridized carbons (Fsp3) is 0.250. The summed E-state index contributed by atoms with van der Waals surface area (Å²) in [7, 11) is 1.94. The zero-order valence-electron chi connectivity index (χ0n) is 10.2. The number of aromatic amines is 1. The van der Waals surface area contributed by atoms with Gasteiger partial charge in [0.25, 0.3) is 11.5 Å². The molecule has 0 bridgehead atoms. The highest BCUT2D eigenvalue weighted by Gasteiger charge is 2.08. The van der Waals surface area contributed by atoms with E-state index in [1.807, 2.05) is 30.7 Å². The van der Waals surface area contributed by atoms with Crippen molar-refractivity contribution in [3.8, 4) is 0 Å². The minimum Gasteiger partial charge on any atom is -0.350 e. The Morgan fingerprint density at radius 2 is 2.17 bits per heavy atom. The molecule has 2 heterocycles. The Bertz CT molecular complexity index is 607. The molecule has 0 unspecified atom stereocenters. The molecule has 2 rings (SSSR count). The number of nitrogens with zero attached hydrogens (tertiary/aromatic N) is 2. The zero-order chi connectivity index (χ0) is 13.1. The van der Waals surface area contributed by atoms with Crippen LogP contribution in [0.25, 0.3) is 0 Å². The number of aryl methyl sites for hydroxylation is 1. The third kappa shape index (κ3) is 2.48. The normalized spacial score (nSPS) is 10.3. The van der Waals surface area contributed by atoms with Crippen LogP contribution < -0.4 is 10.9 Å². The van der Waals surface area contributed by atoms with Gasteiger partial charge in [0.05, 0.1) is 6.54 Å². The van der Waals surface area contributed by atoms with Crippen molar-refractivity contribution in [2.24, 2.45) is 7.05 Å². The van der Waals surface area contributed by atoms with Crippen LogP contribution in [0.5, 0.6) is 0 Å². The molecule has 0 aromatic carbocycles. The summed E-state index contributed by atoms with van der Waals surface area (Å²) >= 11 is 0. The third-order valence-corrected chi connectivity index (χ3v) is 2.82. The van der Waals surface area contributed by atoms with E-state index in [0.29, 0.717) is 6.54 Å². The lowest BCUT2D eigenvalue weighted by molar-refractivity contribution is 0.0944. The smallest absolute Gasteiger partial charge is 0.272 e. The van der Waals surface area contributed by atoms with Crippen LogP contribution in [0.3, 0.4) is 0 Å². The first-order valence-electron chi connectivity index (χ1n) is 5.53. The maximum absolute atomic E-state index is 11.7. The number of aromatic nitrogens is 3. The monoisotopic (exact) mass is 246 g/mol. The van der Waals surface area contributed by atoms with Crippen LogP contribution in [0, 0.1) is 6.92 Å². The molecule has 94 valence electrons. The minimum absolute atomic E-state index is 0.195. The first kappa shape index (κ1) is 12.1. The van der Waals surface area contributed by atoms with E-state index in [-0.39, 0.29) is 17.2 Å². The zero-order valence-corrected chi connectivity index (χ0v) is 10.2. The Morgan fingerprint density at radius 1 is 1.39 bits per heavy atom. The highest BCUT2D eigenvalue weighted by Crippen LogP contribution is 2.05. The van der Waals surface area contributed by atoms with Crippen molar-refractivity contribution in [1.29, 1.82) is 0 Å². The fourth-order valence-corrected chi connectivity index (χ4v) is 1.58. The van der Waals surface area contributed by atoms with Gasteiger partial charge < -0.3 is 9.88 Å². The molecule has 0 fully saturated rings. The Labute approximate surface area is 104 Å². The molecule has 0 saturated heterocycles. The number of carbonyl (C=O) groups excluding carboxylic acids is 1. The lowest BCUT2D eigenvalue weighted by Crippen LogP contribution is -2.26. The van der Waals surface area contributed by atoms with Gasteiger partial charge in [0.2, 0.25) is 0 Å². The lowest BCUT2D eigenvalue weighted by atomic mass is 10.3. The first-order valence-corrected chi connectivity index (χ1v) is 5.53. The topological polar surface area (TPSA) is 79.8 Å². The quantitative estimate of drug-likeness (QED) is 0.820. The van der Waals surface area contributed by atoms with Crippen LogP contribution in [-0.4, -0.2) is 20.7 Å². The molecule has 0 saturated carbocycles. The second-order valence-electron chi connectivity index (χ2n) is 4.01. The van der Waals surface area contributed by atoms with Gasteiger partial charge in [-0.2, -0.15) is 5.10 Å². The number of H-pyrrole nitrogens is 1. The van der Waals surface area contributed by atoms with Crippen LogP contribution >= 0.6 is 0 Å². The maximum Gasteiger partial charge on any atom is 0.272 e. The van der Waals surface area contributed by atoms with Gasteiger partial charge in [0, 0.05) is 24.5 Å². The van der Waals surface area contributed by atoms with Crippen LogP contribution in [-0.2, 0) is 13.6 Å². The van der Waals surface area contributed by atoms with Gasteiger partial charge in [0.15, 0.2) is 0 Å². The summed E-state index contributed by atoms with van der Waals surface area (Å²) < 4.78 is 2.00. The molecule has 1 amide bonds. The highest BCUT2D eigenvalue weighted by atomic mass is 16.2. The van der Waals surface area contributed by atoms with E-state index < -0.39 is 0 Å². The van der Waals surface area contributed by atoms with Crippen molar-refractivity contribution in [3.05, 3.63) is 51.7 Å². The van der Waals surface area contributed by atoms with E-state index in [2.05, 4.69) is 15.5 Å². The summed E-state index contributed by atoms with van der Waals surface area (Å²) in [6.45, 7) is 2.42. The minimum atomic E-state index is -0.329. The molecule has 18 heavy (non-hydrogen) atoms. The molecule has 2 aromatic heterocycles. The number of hydrogen-bond acceptors (Lipinski definition) is 3. The Morgan fingerprint density at radius 3 is 2.72 bits per heavy atom. The Hall–Kier alpha value is -2.37. The summed E-state index contributed by atoms with van der Waals surface area (Å²) in [6.07, 6.45) is 0. The SMILES string of the molecule is Cc1ccc(CNC(=O)c2ccc(=O)[nH]n2)n1C. The summed E-state index contributed by atoms with van der Waals surface area (Å²) in [6, 6.07) is 6.61. The number of amides is 1. The van der Waals surface area contributed by atoms with E-state index in [1.54, 1.807) is 0 Å². The molecule has 0 aliphatic carbocycles. The summed E-state index contributed by atoms with van der Waals surface area (Å²) in [5, 5.41) is 8.63. The third-order valence-electron chi connectivity index (χ3n) is 2.82. The van der Waals surface area contributed by atoms with Crippen molar-refractivity contribution < 1.29 is 4.79 Å². The van der Waals surface area contributed by atoms with Crippen LogP contribution in [0.1, 0.15) is 21.9 Å². The number of nitrogens with one attached hydrogen (secondary N) is 2. The first-order chi connectivity index (χ1) is 8.58. The van der Waals surface area contributed by atoms with Gasteiger partial charge >= 0.3 is 0 Å². The number of hydrogen-bond donors (Lipinski definition) is 2. The van der Waals surface area contributed by atoms with Crippen LogP contribution in [0.4, 0.5) is 0 Å². The van der Waals surface area contributed by atoms with Crippen molar-refractivity contribution in [3.63, 3.8) is 0 Å². The summed E-state index contributed by atoms with van der Waals surface area (Å²) in [5.74, 6) is -0.315. The van der Waals surface area contributed by atoms with Crippen LogP contribution in [0.15, 0.2) is 29.1 Å². The average Bonchev–Trinajstić information content (AvgIpc) is 2.68. The van der Waals surface area contributed by atoms with Crippen molar-refractivity contribution in [2.45, 2.75) is 13.5 Å². The molecular formula is C12H14N4O2. The van der Waals surface area contributed by atoms with Gasteiger partial charge in [0.1, 0.15) is 5.69 Å². The molecule has 0 radical (unpaired) electrons. The summed E-state index contributed by atoms with van der Waals surface area (Å²) in [4.78, 5) is 22.6. The second kappa shape index (κ2) is 4.87. The molecule has 6 nitrogen and oxygen atoms in total. The van der Waals surface area contributed by atoms with E-state index in [4.69, 9.17) is 0 Å². The van der Waals surface area contributed by atoms with Gasteiger partial charge in [-0.1, -0.05) is 0 Å². The fourth-order valence-electron chi connectivity index (χ4n) is 1.58. The molecule has 2 aromatic rings.